The van der Waals surface area contributed by atoms with E-state index in [2.05, 4.69) is 9.88 Å². The minimum Gasteiger partial charge on any atom is -0.478 e. The van der Waals surface area contributed by atoms with Crippen molar-refractivity contribution >= 4 is 22.6 Å². The largest absolute Gasteiger partial charge is 0.478 e. The van der Waals surface area contributed by atoms with E-state index in [1.54, 1.807) is 18.3 Å². The van der Waals surface area contributed by atoms with Gasteiger partial charge in [0.2, 0.25) is 0 Å². The van der Waals surface area contributed by atoms with E-state index in [4.69, 9.17) is 4.74 Å². The van der Waals surface area contributed by atoms with E-state index < -0.39 is 5.97 Å². The fourth-order valence-electron chi connectivity index (χ4n) is 2.34. The highest BCUT2D eigenvalue weighted by Crippen LogP contribution is 2.27. The van der Waals surface area contributed by atoms with Gasteiger partial charge < -0.3 is 14.7 Å². The number of hydrogen-bond donors (Lipinski definition) is 1. The second kappa shape index (κ2) is 4.85. The van der Waals surface area contributed by atoms with Gasteiger partial charge in [-0.25, -0.2) is 4.79 Å². The fraction of sp³-hybridized carbons (Fsp3) is 0.286. The van der Waals surface area contributed by atoms with Crippen LogP contribution in [-0.2, 0) is 4.74 Å². The average Bonchev–Trinajstić information content (AvgIpc) is 2.47. The van der Waals surface area contributed by atoms with E-state index in [0.717, 1.165) is 29.7 Å². The molecule has 98 valence electrons. The number of aromatic carboxylic acids is 1. The maximum absolute atomic E-state index is 11.2. The third kappa shape index (κ3) is 2.24. The minimum absolute atomic E-state index is 0.294. The molecule has 1 aromatic heterocycles. The normalized spacial score (nSPS) is 15.7. The highest BCUT2D eigenvalue weighted by atomic mass is 16.5. The number of fused-ring (bicyclic) bond motifs is 1. The molecule has 5 heteroatoms. The van der Waals surface area contributed by atoms with Gasteiger partial charge in [0.15, 0.2) is 0 Å². The molecule has 1 aliphatic rings. The molecule has 1 N–H and O–H groups in total. The summed E-state index contributed by atoms with van der Waals surface area (Å²) in [6, 6.07) is 7.06. The summed E-state index contributed by atoms with van der Waals surface area (Å²) in [6.45, 7) is 2.83. The number of aromatic nitrogens is 1. The van der Waals surface area contributed by atoms with Crippen molar-refractivity contribution in [2.24, 2.45) is 0 Å². The van der Waals surface area contributed by atoms with Gasteiger partial charge in [0.25, 0.3) is 0 Å². The summed E-state index contributed by atoms with van der Waals surface area (Å²) in [5, 5.41) is 10.1. The number of rotatable bonds is 2. The van der Waals surface area contributed by atoms with Crippen LogP contribution in [-0.4, -0.2) is 42.4 Å². The molecular formula is C14H14N2O3. The molecule has 1 fully saturated rings. The van der Waals surface area contributed by atoms with Crippen molar-refractivity contribution in [3.8, 4) is 0 Å². The first kappa shape index (κ1) is 11.9. The van der Waals surface area contributed by atoms with Gasteiger partial charge >= 0.3 is 5.97 Å². The number of benzene rings is 1. The van der Waals surface area contributed by atoms with E-state index in [9.17, 15) is 9.90 Å². The zero-order valence-electron chi connectivity index (χ0n) is 10.4. The predicted molar refractivity (Wildman–Crippen MR) is 71.7 cm³/mol. The van der Waals surface area contributed by atoms with E-state index >= 15 is 0 Å². The van der Waals surface area contributed by atoms with Crippen LogP contribution in [0.1, 0.15) is 10.4 Å². The molecule has 0 unspecified atom stereocenters. The lowest BCUT2D eigenvalue weighted by molar-refractivity contribution is 0.0697. The average molecular weight is 258 g/mol. The van der Waals surface area contributed by atoms with E-state index in [1.807, 2.05) is 12.1 Å². The predicted octanol–water partition coefficient (Wildman–Crippen LogP) is 1.77. The molecule has 0 atom stereocenters. The Morgan fingerprint density at radius 3 is 2.84 bits per heavy atom. The quantitative estimate of drug-likeness (QED) is 0.889. The molecule has 0 aliphatic carbocycles. The molecule has 0 spiro atoms. The standard InChI is InChI=1S/C14H14N2O3/c17-14(18)11-8-10-2-1-3-15-13(10)12(9-11)16-4-6-19-7-5-16/h1-3,8-9H,4-7H2,(H,17,18). The fourth-order valence-corrected chi connectivity index (χ4v) is 2.34. The monoisotopic (exact) mass is 258 g/mol. The zero-order chi connectivity index (χ0) is 13.2. The Labute approximate surface area is 110 Å². The number of carbonyl (C=O) groups is 1. The second-order valence-corrected chi connectivity index (χ2v) is 4.48. The molecule has 0 saturated carbocycles. The molecule has 0 bridgehead atoms. The number of nitrogens with zero attached hydrogens (tertiary/aromatic N) is 2. The summed E-state index contributed by atoms with van der Waals surface area (Å²) in [7, 11) is 0. The molecule has 3 rings (SSSR count). The SMILES string of the molecule is O=C(O)c1cc(N2CCOCC2)c2ncccc2c1. The minimum atomic E-state index is -0.916. The molecule has 1 aliphatic heterocycles. The van der Waals surface area contributed by atoms with Crippen LogP contribution in [0.4, 0.5) is 5.69 Å². The number of hydrogen-bond acceptors (Lipinski definition) is 4. The van der Waals surface area contributed by atoms with Crippen molar-refractivity contribution in [1.82, 2.24) is 4.98 Å². The third-order valence-electron chi connectivity index (χ3n) is 3.28. The van der Waals surface area contributed by atoms with Gasteiger partial charge in [0, 0.05) is 24.7 Å². The Kier molecular flexibility index (Phi) is 3.05. The summed E-state index contributed by atoms with van der Waals surface area (Å²) in [5.74, 6) is -0.916. The summed E-state index contributed by atoms with van der Waals surface area (Å²) in [5.41, 5.74) is 2.01. The van der Waals surface area contributed by atoms with Gasteiger partial charge in [-0.1, -0.05) is 6.07 Å². The molecule has 19 heavy (non-hydrogen) atoms. The topological polar surface area (TPSA) is 62.7 Å². The lowest BCUT2D eigenvalue weighted by Crippen LogP contribution is -2.36. The smallest absolute Gasteiger partial charge is 0.335 e. The highest BCUT2D eigenvalue weighted by Gasteiger charge is 2.17. The summed E-state index contributed by atoms with van der Waals surface area (Å²) in [6.07, 6.45) is 1.73. The van der Waals surface area contributed by atoms with Gasteiger partial charge in [0.05, 0.1) is 30.0 Å². The molecular weight excluding hydrogens is 244 g/mol. The first-order chi connectivity index (χ1) is 9.25. The maximum atomic E-state index is 11.2. The van der Waals surface area contributed by atoms with E-state index in [0.29, 0.717) is 18.8 Å². The Morgan fingerprint density at radius 2 is 2.11 bits per heavy atom. The third-order valence-corrected chi connectivity index (χ3v) is 3.28. The Hall–Kier alpha value is -2.14. The van der Waals surface area contributed by atoms with E-state index in [1.165, 1.54) is 0 Å². The van der Waals surface area contributed by atoms with E-state index in [-0.39, 0.29) is 0 Å². The molecule has 2 heterocycles. The van der Waals surface area contributed by atoms with Crippen LogP contribution in [0.2, 0.25) is 0 Å². The first-order valence-electron chi connectivity index (χ1n) is 6.20. The molecule has 1 saturated heterocycles. The van der Waals surface area contributed by atoms with Crippen LogP contribution in [0, 0.1) is 0 Å². The van der Waals surface area contributed by atoms with Crippen LogP contribution >= 0.6 is 0 Å². The molecule has 0 amide bonds. The number of morpholine rings is 1. The Morgan fingerprint density at radius 1 is 1.32 bits per heavy atom. The lowest BCUT2D eigenvalue weighted by Gasteiger charge is -2.29. The van der Waals surface area contributed by atoms with Crippen molar-refractivity contribution in [3.05, 3.63) is 36.0 Å². The van der Waals surface area contributed by atoms with Crippen LogP contribution < -0.4 is 4.90 Å². The van der Waals surface area contributed by atoms with Crippen molar-refractivity contribution in [2.45, 2.75) is 0 Å². The van der Waals surface area contributed by atoms with Gasteiger partial charge in [-0.15, -0.1) is 0 Å². The van der Waals surface area contributed by atoms with Crippen molar-refractivity contribution in [2.75, 3.05) is 31.2 Å². The molecule has 1 aromatic carbocycles. The van der Waals surface area contributed by atoms with Crippen molar-refractivity contribution in [1.29, 1.82) is 0 Å². The van der Waals surface area contributed by atoms with Crippen molar-refractivity contribution < 1.29 is 14.6 Å². The number of carboxylic acid groups (broad SMARTS) is 1. The number of ether oxygens (including phenoxy) is 1. The van der Waals surface area contributed by atoms with Crippen LogP contribution in [0.15, 0.2) is 30.5 Å². The number of anilines is 1. The van der Waals surface area contributed by atoms with Gasteiger partial charge in [-0.05, 0) is 18.2 Å². The van der Waals surface area contributed by atoms with Gasteiger partial charge in [-0.2, -0.15) is 0 Å². The Bertz CT molecular complexity index is 621. The van der Waals surface area contributed by atoms with Gasteiger partial charge in [0.1, 0.15) is 0 Å². The van der Waals surface area contributed by atoms with Crippen LogP contribution in [0.5, 0.6) is 0 Å². The molecule has 2 aromatic rings. The van der Waals surface area contributed by atoms with Crippen LogP contribution in [0.3, 0.4) is 0 Å². The number of carboxylic acids is 1. The maximum Gasteiger partial charge on any atom is 0.335 e. The zero-order valence-corrected chi connectivity index (χ0v) is 10.4. The molecule has 5 nitrogen and oxygen atoms in total. The first-order valence-corrected chi connectivity index (χ1v) is 6.20. The summed E-state index contributed by atoms with van der Waals surface area (Å²) < 4.78 is 5.33. The van der Waals surface area contributed by atoms with Gasteiger partial charge in [-0.3, -0.25) is 4.98 Å². The number of pyridine rings is 1. The molecule has 0 radical (unpaired) electrons. The van der Waals surface area contributed by atoms with Crippen molar-refractivity contribution in [3.63, 3.8) is 0 Å². The second-order valence-electron chi connectivity index (χ2n) is 4.48. The highest BCUT2D eigenvalue weighted by molar-refractivity contribution is 5.99. The Balaban J connectivity index is 2.16. The summed E-state index contributed by atoms with van der Waals surface area (Å²) in [4.78, 5) is 17.7. The lowest BCUT2D eigenvalue weighted by atomic mass is 10.1. The van der Waals surface area contributed by atoms with Crippen LogP contribution in [0.25, 0.3) is 10.9 Å². The summed E-state index contributed by atoms with van der Waals surface area (Å²) >= 11 is 0.